The Morgan fingerprint density at radius 2 is 2.25 bits per heavy atom. The summed E-state index contributed by atoms with van der Waals surface area (Å²) in [5.41, 5.74) is 1.35. The van der Waals surface area contributed by atoms with Crippen molar-refractivity contribution in [3.8, 4) is 0 Å². The van der Waals surface area contributed by atoms with Gasteiger partial charge in [-0.2, -0.15) is 11.8 Å². The monoisotopic (exact) mass is 257 g/mol. The smallest absolute Gasteiger partial charge is 0.0408 e. The molecule has 0 saturated carbocycles. The Bertz CT molecular complexity index is 304. The van der Waals surface area contributed by atoms with Crippen LogP contribution in [0.4, 0.5) is 0 Å². The molecule has 0 amide bonds. The summed E-state index contributed by atoms with van der Waals surface area (Å²) in [6, 6.07) is 8.22. The van der Waals surface area contributed by atoms with Gasteiger partial charge in [0.1, 0.15) is 0 Å². The van der Waals surface area contributed by atoms with Crippen LogP contribution in [0.1, 0.15) is 24.8 Å². The van der Waals surface area contributed by atoms with Crippen molar-refractivity contribution in [2.45, 2.75) is 19.3 Å². The lowest BCUT2D eigenvalue weighted by Gasteiger charge is -2.17. The fourth-order valence-corrected chi connectivity index (χ4v) is 2.70. The second-order valence-electron chi connectivity index (χ2n) is 3.80. The van der Waals surface area contributed by atoms with Crippen molar-refractivity contribution in [1.29, 1.82) is 0 Å². The molecule has 90 valence electrons. The number of nitrogens with one attached hydrogen (secondary N) is 1. The first-order valence-electron chi connectivity index (χ1n) is 5.75. The van der Waals surface area contributed by atoms with E-state index in [1.54, 1.807) is 0 Å². The molecule has 1 aromatic rings. The van der Waals surface area contributed by atoms with Crippen molar-refractivity contribution in [3.63, 3.8) is 0 Å². The molecule has 3 heteroatoms. The molecule has 16 heavy (non-hydrogen) atoms. The number of hydrogen-bond donors (Lipinski definition) is 1. The first kappa shape index (κ1) is 13.9. The van der Waals surface area contributed by atoms with Crippen LogP contribution in [0.15, 0.2) is 24.3 Å². The van der Waals surface area contributed by atoms with E-state index in [1.165, 1.54) is 23.5 Å². The molecule has 1 atom stereocenters. The van der Waals surface area contributed by atoms with E-state index >= 15 is 0 Å². The standard InChI is InChI=1S/C13H20ClNS/c1-3-16-8-7-12(10-15-2)11-5-4-6-13(14)9-11/h4-6,9,12,15H,3,7-8,10H2,1-2H3. The summed E-state index contributed by atoms with van der Waals surface area (Å²) in [6.07, 6.45) is 1.21. The van der Waals surface area contributed by atoms with E-state index in [4.69, 9.17) is 11.6 Å². The minimum atomic E-state index is 0.572. The van der Waals surface area contributed by atoms with Gasteiger partial charge in [0.15, 0.2) is 0 Å². The first-order valence-corrected chi connectivity index (χ1v) is 7.29. The van der Waals surface area contributed by atoms with Crippen molar-refractivity contribution in [2.24, 2.45) is 0 Å². The molecular formula is C13H20ClNS. The van der Waals surface area contributed by atoms with Crippen LogP contribution in [0.3, 0.4) is 0 Å². The van der Waals surface area contributed by atoms with Crippen LogP contribution in [-0.2, 0) is 0 Å². The molecular weight excluding hydrogens is 238 g/mol. The quantitative estimate of drug-likeness (QED) is 0.746. The molecule has 1 nitrogen and oxygen atoms in total. The van der Waals surface area contributed by atoms with Gasteiger partial charge in [-0.1, -0.05) is 30.7 Å². The third-order valence-electron chi connectivity index (χ3n) is 2.59. The summed E-state index contributed by atoms with van der Waals surface area (Å²) in [4.78, 5) is 0. The summed E-state index contributed by atoms with van der Waals surface area (Å²) in [5, 5.41) is 4.10. The number of rotatable bonds is 7. The van der Waals surface area contributed by atoms with Crippen LogP contribution < -0.4 is 5.32 Å². The predicted octanol–water partition coefficient (Wildman–Crippen LogP) is 3.79. The zero-order valence-corrected chi connectivity index (χ0v) is 11.6. The average molecular weight is 258 g/mol. The lowest BCUT2D eigenvalue weighted by Crippen LogP contribution is -2.18. The molecule has 1 N–H and O–H groups in total. The maximum absolute atomic E-state index is 6.02. The molecule has 0 spiro atoms. The average Bonchev–Trinajstić information content (AvgIpc) is 2.28. The van der Waals surface area contributed by atoms with Crippen LogP contribution in [0.25, 0.3) is 0 Å². The van der Waals surface area contributed by atoms with Gasteiger partial charge in [-0.15, -0.1) is 0 Å². The fraction of sp³-hybridized carbons (Fsp3) is 0.538. The minimum absolute atomic E-state index is 0.572. The van der Waals surface area contributed by atoms with E-state index in [0.29, 0.717) is 5.92 Å². The van der Waals surface area contributed by atoms with Crippen molar-refractivity contribution in [2.75, 3.05) is 25.1 Å². The van der Waals surface area contributed by atoms with E-state index in [9.17, 15) is 0 Å². The molecule has 0 aliphatic carbocycles. The Kier molecular flexibility index (Phi) is 6.93. The highest BCUT2D eigenvalue weighted by atomic mass is 35.5. The zero-order valence-electron chi connectivity index (χ0n) is 10.0. The van der Waals surface area contributed by atoms with Crippen LogP contribution >= 0.6 is 23.4 Å². The molecule has 0 heterocycles. The summed E-state index contributed by atoms with van der Waals surface area (Å²) in [7, 11) is 2.00. The Morgan fingerprint density at radius 1 is 1.44 bits per heavy atom. The lowest BCUT2D eigenvalue weighted by molar-refractivity contribution is 0.616. The molecule has 1 aromatic carbocycles. The Hall–Kier alpha value is -0.180. The topological polar surface area (TPSA) is 12.0 Å². The maximum atomic E-state index is 6.02. The van der Waals surface area contributed by atoms with Crippen LogP contribution in [0.2, 0.25) is 5.02 Å². The van der Waals surface area contributed by atoms with Gasteiger partial charge in [0.05, 0.1) is 0 Å². The summed E-state index contributed by atoms with van der Waals surface area (Å²) in [6.45, 7) is 3.22. The van der Waals surface area contributed by atoms with Gasteiger partial charge >= 0.3 is 0 Å². The van der Waals surface area contributed by atoms with Crippen LogP contribution in [0.5, 0.6) is 0 Å². The van der Waals surface area contributed by atoms with Gasteiger partial charge in [0, 0.05) is 11.6 Å². The Labute approximate surface area is 108 Å². The van der Waals surface area contributed by atoms with E-state index in [1.807, 2.05) is 30.9 Å². The summed E-state index contributed by atoms with van der Waals surface area (Å²) >= 11 is 8.03. The second kappa shape index (κ2) is 7.99. The second-order valence-corrected chi connectivity index (χ2v) is 5.63. The highest BCUT2D eigenvalue weighted by Gasteiger charge is 2.10. The van der Waals surface area contributed by atoms with Crippen molar-refractivity contribution < 1.29 is 0 Å². The Morgan fingerprint density at radius 3 is 2.88 bits per heavy atom. The number of hydrogen-bond acceptors (Lipinski definition) is 2. The molecule has 0 saturated heterocycles. The van der Waals surface area contributed by atoms with Gasteiger partial charge in [-0.05, 0) is 48.6 Å². The first-order chi connectivity index (χ1) is 7.77. The van der Waals surface area contributed by atoms with E-state index < -0.39 is 0 Å². The molecule has 1 rings (SSSR count). The number of benzene rings is 1. The number of thioether (sulfide) groups is 1. The van der Waals surface area contributed by atoms with Crippen molar-refractivity contribution in [1.82, 2.24) is 5.32 Å². The highest BCUT2D eigenvalue weighted by Crippen LogP contribution is 2.23. The summed E-state index contributed by atoms with van der Waals surface area (Å²) < 4.78 is 0. The van der Waals surface area contributed by atoms with Gasteiger partial charge in [0.2, 0.25) is 0 Å². The van der Waals surface area contributed by atoms with Crippen molar-refractivity contribution >= 4 is 23.4 Å². The normalized spacial score (nSPS) is 12.7. The molecule has 1 unspecified atom stereocenters. The lowest BCUT2D eigenvalue weighted by atomic mass is 9.96. The van der Waals surface area contributed by atoms with Crippen LogP contribution in [0, 0.1) is 0 Å². The van der Waals surface area contributed by atoms with Gasteiger partial charge in [-0.3, -0.25) is 0 Å². The van der Waals surface area contributed by atoms with Crippen molar-refractivity contribution in [3.05, 3.63) is 34.9 Å². The highest BCUT2D eigenvalue weighted by molar-refractivity contribution is 7.99. The van der Waals surface area contributed by atoms with E-state index in [2.05, 4.69) is 24.4 Å². The van der Waals surface area contributed by atoms with E-state index in [-0.39, 0.29) is 0 Å². The fourth-order valence-electron chi connectivity index (χ4n) is 1.76. The number of halogens is 1. The third-order valence-corrected chi connectivity index (χ3v) is 3.75. The zero-order chi connectivity index (χ0) is 11.8. The maximum Gasteiger partial charge on any atom is 0.0408 e. The van der Waals surface area contributed by atoms with Crippen LogP contribution in [-0.4, -0.2) is 25.1 Å². The molecule has 0 radical (unpaired) electrons. The molecule has 0 aliphatic heterocycles. The molecule has 0 fully saturated rings. The Balaban J connectivity index is 2.61. The van der Waals surface area contributed by atoms with Gasteiger partial charge < -0.3 is 5.32 Å². The molecule has 0 aromatic heterocycles. The van der Waals surface area contributed by atoms with E-state index in [0.717, 1.165) is 11.6 Å². The molecule has 0 aliphatic rings. The van der Waals surface area contributed by atoms with Gasteiger partial charge in [-0.25, -0.2) is 0 Å². The number of likely N-dealkylation sites (N-methyl/N-ethyl adjacent to an activating group) is 1. The largest absolute Gasteiger partial charge is 0.319 e. The minimum Gasteiger partial charge on any atom is -0.319 e. The molecule has 0 bridgehead atoms. The third kappa shape index (κ3) is 4.77. The predicted molar refractivity (Wildman–Crippen MR) is 75.7 cm³/mol. The summed E-state index contributed by atoms with van der Waals surface area (Å²) in [5.74, 6) is 2.99. The SMILES string of the molecule is CCSCCC(CNC)c1cccc(Cl)c1. The van der Waals surface area contributed by atoms with Gasteiger partial charge in [0.25, 0.3) is 0 Å².